The van der Waals surface area contributed by atoms with Crippen molar-refractivity contribution < 1.29 is 0 Å². The lowest BCUT2D eigenvalue weighted by atomic mass is 9.96. The Morgan fingerprint density at radius 3 is 1.77 bits per heavy atom. The summed E-state index contributed by atoms with van der Waals surface area (Å²) in [5, 5.41) is 1.85. The molecule has 0 atom stereocenters. The first-order chi connectivity index (χ1) is 10.8. The highest BCUT2D eigenvalue weighted by Gasteiger charge is 2.28. The molecule has 0 amide bonds. The second kappa shape index (κ2) is 5.32. The highest BCUT2D eigenvalue weighted by Crippen LogP contribution is 2.44. The van der Waals surface area contributed by atoms with Crippen molar-refractivity contribution in [1.29, 1.82) is 0 Å². The van der Waals surface area contributed by atoms with E-state index in [-0.39, 0.29) is 0 Å². The summed E-state index contributed by atoms with van der Waals surface area (Å²) < 4.78 is 0. The van der Waals surface area contributed by atoms with Gasteiger partial charge in [0.1, 0.15) is 0 Å². The van der Waals surface area contributed by atoms with Crippen LogP contribution in [0.4, 0.5) is 5.69 Å². The molecule has 0 spiro atoms. The Morgan fingerprint density at radius 2 is 1.18 bits per heavy atom. The molecule has 0 unspecified atom stereocenters. The van der Waals surface area contributed by atoms with E-state index in [2.05, 4.69) is 48.5 Å². The quantitative estimate of drug-likeness (QED) is 0.578. The molecule has 0 fully saturated rings. The number of nitrogens with zero attached hydrogens (tertiary/aromatic N) is 1. The maximum Gasteiger partial charge on any atom is 0.0517 e. The van der Waals surface area contributed by atoms with Crippen LogP contribution in [0.5, 0.6) is 0 Å². The van der Waals surface area contributed by atoms with Crippen LogP contribution in [-0.4, -0.2) is 6.54 Å². The fourth-order valence-corrected chi connectivity index (χ4v) is 3.38. The summed E-state index contributed by atoms with van der Waals surface area (Å²) in [5.41, 5.74) is 6.46. The third kappa shape index (κ3) is 2.09. The van der Waals surface area contributed by atoms with Gasteiger partial charge in [0, 0.05) is 12.5 Å². The van der Waals surface area contributed by atoms with E-state index in [0.29, 0.717) is 5.92 Å². The number of hydrazine groups is 1. The van der Waals surface area contributed by atoms with Crippen molar-refractivity contribution in [2.24, 2.45) is 5.84 Å². The molecule has 2 N–H and O–H groups in total. The minimum atomic E-state index is 0.317. The Balaban J connectivity index is 1.73. The van der Waals surface area contributed by atoms with E-state index in [1.807, 2.05) is 35.3 Å². The van der Waals surface area contributed by atoms with Crippen molar-refractivity contribution in [3.05, 3.63) is 90.0 Å². The average Bonchev–Trinajstić information content (AvgIpc) is 2.90. The first-order valence-corrected chi connectivity index (χ1v) is 7.60. The molecule has 3 aromatic carbocycles. The number of para-hydroxylation sites is 1. The van der Waals surface area contributed by atoms with Crippen molar-refractivity contribution >= 4 is 5.69 Å². The lowest BCUT2D eigenvalue weighted by molar-refractivity contribution is 0.751. The molecule has 0 saturated heterocycles. The number of hydrogen-bond donors (Lipinski definition) is 1. The van der Waals surface area contributed by atoms with Gasteiger partial charge in [0.15, 0.2) is 0 Å². The topological polar surface area (TPSA) is 29.3 Å². The first-order valence-electron chi connectivity index (χ1n) is 7.60. The van der Waals surface area contributed by atoms with Gasteiger partial charge in [-0.1, -0.05) is 66.7 Å². The van der Waals surface area contributed by atoms with E-state index >= 15 is 0 Å². The summed E-state index contributed by atoms with van der Waals surface area (Å²) in [7, 11) is 0. The predicted molar refractivity (Wildman–Crippen MR) is 91.7 cm³/mol. The fourth-order valence-electron chi connectivity index (χ4n) is 3.38. The van der Waals surface area contributed by atoms with Crippen LogP contribution in [0.15, 0.2) is 78.9 Å². The molecule has 0 bridgehead atoms. The van der Waals surface area contributed by atoms with Gasteiger partial charge in [-0.2, -0.15) is 0 Å². The summed E-state index contributed by atoms with van der Waals surface area (Å²) in [6.07, 6.45) is 0. The minimum Gasteiger partial charge on any atom is -0.310 e. The molecule has 0 radical (unpaired) electrons. The normalized spacial score (nSPS) is 12.8. The highest BCUT2D eigenvalue weighted by molar-refractivity contribution is 5.79. The zero-order valence-electron chi connectivity index (χ0n) is 12.3. The van der Waals surface area contributed by atoms with Crippen molar-refractivity contribution in [3.8, 4) is 11.1 Å². The van der Waals surface area contributed by atoms with Gasteiger partial charge in [-0.05, 0) is 34.4 Å². The standard InChI is InChI=1S/C20H18N2/c21-22(15-8-2-1-3-9-15)14-20-18-12-6-4-10-16(18)17-11-5-7-13-19(17)20/h1-13,20H,14,21H2. The van der Waals surface area contributed by atoms with Crippen LogP contribution in [0.2, 0.25) is 0 Å². The molecule has 1 aliphatic carbocycles. The summed E-state index contributed by atoms with van der Waals surface area (Å²) in [6.45, 7) is 0.776. The minimum absolute atomic E-state index is 0.317. The summed E-state index contributed by atoms with van der Waals surface area (Å²) in [6, 6.07) is 27.4. The van der Waals surface area contributed by atoms with E-state index in [0.717, 1.165) is 12.2 Å². The van der Waals surface area contributed by atoms with E-state index in [4.69, 9.17) is 5.84 Å². The van der Waals surface area contributed by atoms with Gasteiger partial charge in [0.05, 0.1) is 5.69 Å². The molecular formula is C20H18N2. The van der Waals surface area contributed by atoms with E-state index < -0.39 is 0 Å². The highest BCUT2D eigenvalue weighted by atomic mass is 15.4. The van der Waals surface area contributed by atoms with Gasteiger partial charge >= 0.3 is 0 Å². The van der Waals surface area contributed by atoms with Crippen LogP contribution in [0.25, 0.3) is 11.1 Å². The SMILES string of the molecule is NN(CC1c2ccccc2-c2ccccc21)c1ccccc1. The summed E-state index contributed by atoms with van der Waals surface area (Å²) in [4.78, 5) is 0. The van der Waals surface area contributed by atoms with Crippen LogP contribution in [-0.2, 0) is 0 Å². The zero-order valence-corrected chi connectivity index (χ0v) is 12.3. The van der Waals surface area contributed by atoms with Gasteiger partial charge < -0.3 is 5.01 Å². The molecule has 1 aliphatic rings. The van der Waals surface area contributed by atoms with Crippen molar-refractivity contribution in [2.45, 2.75) is 5.92 Å². The Morgan fingerprint density at radius 1 is 0.682 bits per heavy atom. The van der Waals surface area contributed by atoms with E-state index in [1.54, 1.807) is 0 Å². The van der Waals surface area contributed by atoms with E-state index in [9.17, 15) is 0 Å². The maximum atomic E-state index is 6.32. The molecule has 2 nitrogen and oxygen atoms in total. The lowest BCUT2D eigenvalue weighted by Crippen LogP contribution is -2.34. The molecule has 0 saturated carbocycles. The first kappa shape index (κ1) is 13.1. The Hall–Kier alpha value is -2.58. The average molecular weight is 286 g/mol. The van der Waals surface area contributed by atoms with Gasteiger partial charge in [-0.15, -0.1) is 0 Å². The molecule has 3 aromatic rings. The van der Waals surface area contributed by atoms with Crippen molar-refractivity contribution in [2.75, 3.05) is 11.6 Å². The van der Waals surface area contributed by atoms with Crippen LogP contribution in [0, 0.1) is 0 Å². The number of anilines is 1. The number of rotatable bonds is 3. The Kier molecular flexibility index (Phi) is 3.17. The largest absolute Gasteiger partial charge is 0.310 e. The second-order valence-corrected chi connectivity index (χ2v) is 5.71. The van der Waals surface area contributed by atoms with Crippen molar-refractivity contribution in [3.63, 3.8) is 0 Å². The molecule has 0 heterocycles. The number of hydrogen-bond acceptors (Lipinski definition) is 2. The van der Waals surface area contributed by atoms with Gasteiger partial charge in [0.25, 0.3) is 0 Å². The van der Waals surface area contributed by atoms with Gasteiger partial charge in [-0.25, -0.2) is 5.84 Å². The van der Waals surface area contributed by atoms with Crippen LogP contribution in [0.1, 0.15) is 17.0 Å². The van der Waals surface area contributed by atoms with Gasteiger partial charge in [-0.3, -0.25) is 0 Å². The molecular weight excluding hydrogens is 268 g/mol. The predicted octanol–water partition coefficient (Wildman–Crippen LogP) is 4.18. The third-order valence-corrected chi connectivity index (χ3v) is 4.43. The molecule has 0 aromatic heterocycles. The Bertz CT molecular complexity index is 750. The fraction of sp³-hybridized carbons (Fsp3) is 0.100. The Labute approximate surface area is 130 Å². The molecule has 22 heavy (non-hydrogen) atoms. The van der Waals surface area contributed by atoms with Crippen LogP contribution >= 0.6 is 0 Å². The molecule has 2 heteroatoms. The van der Waals surface area contributed by atoms with Gasteiger partial charge in [0.2, 0.25) is 0 Å². The van der Waals surface area contributed by atoms with Crippen LogP contribution < -0.4 is 10.9 Å². The smallest absolute Gasteiger partial charge is 0.0517 e. The monoisotopic (exact) mass is 286 g/mol. The maximum absolute atomic E-state index is 6.32. The van der Waals surface area contributed by atoms with E-state index in [1.165, 1.54) is 22.3 Å². The van der Waals surface area contributed by atoms with Crippen molar-refractivity contribution in [1.82, 2.24) is 0 Å². The summed E-state index contributed by atoms with van der Waals surface area (Å²) in [5.74, 6) is 6.64. The summed E-state index contributed by atoms with van der Waals surface area (Å²) >= 11 is 0. The second-order valence-electron chi connectivity index (χ2n) is 5.71. The number of benzene rings is 3. The number of nitrogens with two attached hydrogens (primary N) is 1. The molecule has 4 rings (SSSR count). The third-order valence-electron chi connectivity index (χ3n) is 4.43. The lowest BCUT2D eigenvalue weighted by Gasteiger charge is -2.24. The number of fused-ring (bicyclic) bond motifs is 3. The van der Waals surface area contributed by atoms with Crippen LogP contribution in [0.3, 0.4) is 0 Å². The molecule has 108 valence electrons. The zero-order chi connectivity index (χ0) is 14.9. The molecule has 0 aliphatic heterocycles.